The van der Waals surface area contributed by atoms with Crippen molar-refractivity contribution in [3.05, 3.63) is 95.1 Å². The lowest BCUT2D eigenvalue weighted by molar-refractivity contribution is 0.775. The fraction of sp³-hybridized carbons (Fsp3) is 0.182. The van der Waals surface area contributed by atoms with Crippen molar-refractivity contribution in [2.75, 3.05) is 11.1 Å². The number of rotatable bonds is 5. The normalized spacial score (nSPS) is 11.9. The highest BCUT2D eigenvalue weighted by molar-refractivity contribution is 5.66. The summed E-state index contributed by atoms with van der Waals surface area (Å²) in [6.45, 7) is 4.23. The van der Waals surface area contributed by atoms with Crippen molar-refractivity contribution >= 4 is 11.4 Å². The van der Waals surface area contributed by atoms with Crippen LogP contribution in [0.1, 0.15) is 28.3 Å². The molecule has 0 saturated heterocycles. The van der Waals surface area contributed by atoms with E-state index < -0.39 is 0 Å². The lowest BCUT2D eigenvalue weighted by Gasteiger charge is -2.22. The van der Waals surface area contributed by atoms with Crippen LogP contribution in [0.4, 0.5) is 11.4 Å². The zero-order chi connectivity index (χ0) is 16.9. The summed E-state index contributed by atoms with van der Waals surface area (Å²) in [6, 6.07) is 25.6. The third kappa shape index (κ3) is 3.96. The molecule has 0 heterocycles. The molecule has 0 bridgehead atoms. The third-order valence-electron chi connectivity index (χ3n) is 4.33. The molecule has 2 heteroatoms. The molecular weight excluding hydrogens is 292 g/mol. The second kappa shape index (κ2) is 7.22. The van der Waals surface area contributed by atoms with Crippen molar-refractivity contribution in [1.29, 1.82) is 0 Å². The lowest BCUT2D eigenvalue weighted by atomic mass is 9.97. The van der Waals surface area contributed by atoms with Crippen molar-refractivity contribution in [2.45, 2.75) is 26.3 Å². The van der Waals surface area contributed by atoms with Gasteiger partial charge in [0.15, 0.2) is 0 Å². The Balaban J connectivity index is 1.89. The Hall–Kier alpha value is -2.74. The number of nitrogens with one attached hydrogen (secondary N) is 1. The van der Waals surface area contributed by atoms with Crippen LogP contribution in [-0.2, 0) is 6.42 Å². The maximum atomic E-state index is 6.12. The highest BCUT2D eigenvalue weighted by Crippen LogP contribution is 2.27. The van der Waals surface area contributed by atoms with Crippen molar-refractivity contribution in [3.8, 4) is 0 Å². The molecule has 24 heavy (non-hydrogen) atoms. The van der Waals surface area contributed by atoms with Crippen molar-refractivity contribution in [2.24, 2.45) is 0 Å². The molecule has 0 aliphatic carbocycles. The van der Waals surface area contributed by atoms with E-state index in [1.54, 1.807) is 0 Å². The van der Waals surface area contributed by atoms with Gasteiger partial charge >= 0.3 is 0 Å². The number of para-hydroxylation sites is 2. The molecule has 2 nitrogen and oxygen atoms in total. The Bertz CT molecular complexity index is 789. The van der Waals surface area contributed by atoms with E-state index in [4.69, 9.17) is 5.73 Å². The molecule has 1 unspecified atom stereocenters. The van der Waals surface area contributed by atoms with Crippen LogP contribution >= 0.6 is 0 Å². The largest absolute Gasteiger partial charge is 0.397 e. The maximum Gasteiger partial charge on any atom is 0.0578 e. The van der Waals surface area contributed by atoms with Crippen LogP contribution in [0, 0.1) is 13.8 Å². The summed E-state index contributed by atoms with van der Waals surface area (Å²) in [5.41, 5.74) is 13.0. The van der Waals surface area contributed by atoms with Gasteiger partial charge in [-0.1, -0.05) is 71.8 Å². The fourth-order valence-corrected chi connectivity index (χ4v) is 2.83. The number of nitrogen functional groups attached to an aromatic ring is 1. The van der Waals surface area contributed by atoms with Gasteiger partial charge in [0.25, 0.3) is 0 Å². The minimum absolute atomic E-state index is 0.179. The summed E-state index contributed by atoms with van der Waals surface area (Å²) in [6.07, 6.45) is 0.914. The number of aryl methyl sites for hydroxylation is 2. The molecule has 122 valence electrons. The van der Waals surface area contributed by atoms with Crippen LogP contribution in [0.2, 0.25) is 0 Å². The zero-order valence-corrected chi connectivity index (χ0v) is 14.3. The van der Waals surface area contributed by atoms with Gasteiger partial charge in [-0.25, -0.2) is 0 Å². The molecule has 0 radical (unpaired) electrons. The molecule has 0 spiro atoms. The van der Waals surface area contributed by atoms with Gasteiger partial charge < -0.3 is 11.1 Å². The summed E-state index contributed by atoms with van der Waals surface area (Å²) < 4.78 is 0. The molecule has 0 aromatic heterocycles. The summed E-state index contributed by atoms with van der Waals surface area (Å²) in [5.74, 6) is 0. The molecule has 3 N–H and O–H groups in total. The van der Waals surface area contributed by atoms with Crippen LogP contribution in [0.5, 0.6) is 0 Å². The number of hydrogen-bond acceptors (Lipinski definition) is 2. The third-order valence-corrected chi connectivity index (χ3v) is 4.33. The molecule has 0 amide bonds. The summed E-state index contributed by atoms with van der Waals surface area (Å²) in [7, 11) is 0. The van der Waals surface area contributed by atoms with Gasteiger partial charge in [-0.15, -0.1) is 0 Å². The quantitative estimate of drug-likeness (QED) is 0.628. The Morgan fingerprint density at radius 1 is 0.792 bits per heavy atom. The summed E-state index contributed by atoms with van der Waals surface area (Å²) in [5, 5.41) is 3.62. The Morgan fingerprint density at radius 2 is 1.38 bits per heavy atom. The van der Waals surface area contributed by atoms with E-state index in [0.29, 0.717) is 0 Å². The zero-order valence-electron chi connectivity index (χ0n) is 14.3. The van der Waals surface area contributed by atoms with Crippen LogP contribution in [-0.4, -0.2) is 0 Å². The van der Waals surface area contributed by atoms with Gasteiger partial charge in [0, 0.05) is 0 Å². The Kier molecular flexibility index (Phi) is 4.85. The predicted octanol–water partition coefficient (Wildman–Crippen LogP) is 5.28. The molecule has 3 rings (SSSR count). The van der Waals surface area contributed by atoms with E-state index in [0.717, 1.165) is 17.8 Å². The first-order valence-electron chi connectivity index (χ1n) is 8.35. The first kappa shape index (κ1) is 16.1. The van der Waals surface area contributed by atoms with E-state index in [1.165, 1.54) is 22.3 Å². The number of benzene rings is 3. The standard InChI is InChI=1S/C22H24N2/c1-16-7-11-18(12-8-16)15-22(19-13-9-17(2)10-14-19)24-21-6-4-3-5-20(21)23/h3-14,22,24H,15,23H2,1-2H3. The second-order valence-corrected chi connectivity index (χ2v) is 6.38. The Morgan fingerprint density at radius 3 is 2.00 bits per heavy atom. The van der Waals surface area contributed by atoms with Gasteiger partial charge in [0.1, 0.15) is 0 Å². The second-order valence-electron chi connectivity index (χ2n) is 6.38. The SMILES string of the molecule is Cc1ccc(CC(Nc2ccccc2N)c2ccc(C)cc2)cc1. The number of anilines is 2. The van der Waals surface area contributed by atoms with Gasteiger partial charge in [0.05, 0.1) is 17.4 Å². The number of hydrogen-bond donors (Lipinski definition) is 2. The van der Waals surface area contributed by atoms with Crippen LogP contribution < -0.4 is 11.1 Å². The van der Waals surface area contributed by atoms with Crippen molar-refractivity contribution < 1.29 is 0 Å². The minimum Gasteiger partial charge on any atom is -0.397 e. The van der Waals surface area contributed by atoms with E-state index >= 15 is 0 Å². The summed E-state index contributed by atoms with van der Waals surface area (Å²) in [4.78, 5) is 0. The van der Waals surface area contributed by atoms with E-state index in [9.17, 15) is 0 Å². The van der Waals surface area contributed by atoms with Crippen LogP contribution in [0.3, 0.4) is 0 Å². The molecule has 0 aliphatic heterocycles. The molecule has 3 aromatic rings. The van der Waals surface area contributed by atoms with Crippen molar-refractivity contribution in [3.63, 3.8) is 0 Å². The average Bonchev–Trinajstić information content (AvgIpc) is 2.59. The average molecular weight is 316 g/mol. The minimum atomic E-state index is 0.179. The van der Waals surface area contributed by atoms with Gasteiger partial charge in [-0.3, -0.25) is 0 Å². The van der Waals surface area contributed by atoms with E-state index in [-0.39, 0.29) is 6.04 Å². The lowest BCUT2D eigenvalue weighted by Crippen LogP contribution is -2.14. The number of nitrogens with two attached hydrogens (primary N) is 1. The van der Waals surface area contributed by atoms with E-state index in [1.807, 2.05) is 24.3 Å². The molecule has 1 atom stereocenters. The first-order chi connectivity index (χ1) is 11.6. The van der Waals surface area contributed by atoms with Crippen LogP contribution in [0.15, 0.2) is 72.8 Å². The topological polar surface area (TPSA) is 38.0 Å². The van der Waals surface area contributed by atoms with E-state index in [2.05, 4.69) is 67.7 Å². The molecule has 0 aliphatic rings. The summed E-state index contributed by atoms with van der Waals surface area (Å²) >= 11 is 0. The highest BCUT2D eigenvalue weighted by Gasteiger charge is 2.13. The molecule has 0 saturated carbocycles. The molecular formula is C22H24N2. The molecule has 3 aromatic carbocycles. The fourth-order valence-electron chi connectivity index (χ4n) is 2.83. The molecule has 0 fully saturated rings. The Labute approximate surface area is 144 Å². The highest BCUT2D eigenvalue weighted by atomic mass is 14.9. The smallest absolute Gasteiger partial charge is 0.0578 e. The maximum absolute atomic E-state index is 6.12. The monoisotopic (exact) mass is 316 g/mol. The predicted molar refractivity (Wildman–Crippen MR) is 103 cm³/mol. The van der Waals surface area contributed by atoms with Gasteiger partial charge in [-0.2, -0.15) is 0 Å². The van der Waals surface area contributed by atoms with Crippen LogP contribution in [0.25, 0.3) is 0 Å². The van der Waals surface area contributed by atoms with Gasteiger partial charge in [0.2, 0.25) is 0 Å². The van der Waals surface area contributed by atoms with Crippen molar-refractivity contribution in [1.82, 2.24) is 0 Å². The first-order valence-corrected chi connectivity index (χ1v) is 8.35. The van der Waals surface area contributed by atoms with Gasteiger partial charge in [-0.05, 0) is 43.5 Å².